The average Bonchev–Trinajstić information content (AvgIpc) is 3.88. The van der Waals surface area contributed by atoms with Gasteiger partial charge in [0, 0.05) is 61.0 Å². The molecule has 57 heavy (non-hydrogen) atoms. The Labute approximate surface area is 341 Å². The molecular formula is C46H71N5O6. The molecule has 4 N–H and O–H groups in total. The van der Waals surface area contributed by atoms with E-state index in [4.69, 9.17) is 9.57 Å². The van der Waals surface area contributed by atoms with Gasteiger partial charge in [0.05, 0.1) is 25.9 Å². The van der Waals surface area contributed by atoms with Gasteiger partial charge in [-0.2, -0.15) is 5.06 Å². The van der Waals surface area contributed by atoms with Gasteiger partial charge in [-0.15, -0.1) is 0 Å². The summed E-state index contributed by atoms with van der Waals surface area (Å²) < 4.78 is 6.71. The third-order valence-corrected chi connectivity index (χ3v) is 13.4. The smallest absolute Gasteiger partial charge is 0.251 e. The number of fused-ring (bicyclic) bond motifs is 2. The first-order chi connectivity index (χ1) is 26.8. The van der Waals surface area contributed by atoms with Gasteiger partial charge in [-0.25, -0.2) is 0 Å². The van der Waals surface area contributed by atoms with E-state index in [0.29, 0.717) is 41.6 Å². The molecule has 2 aromatic carbocycles. The molecule has 1 heterocycles. The molecule has 4 saturated carbocycles. The maximum Gasteiger partial charge on any atom is 0.251 e. The third-order valence-electron chi connectivity index (χ3n) is 13.4. The Kier molecular flexibility index (Phi) is 13.1. The van der Waals surface area contributed by atoms with Crippen LogP contribution in [0.3, 0.4) is 0 Å². The lowest BCUT2D eigenvalue weighted by molar-refractivity contribution is -0.183. The first-order valence-electron chi connectivity index (χ1n) is 21.3. The maximum atomic E-state index is 14.4. The Balaban J connectivity index is 1.33. The molecule has 2 amide bonds. The lowest BCUT2D eigenvalue weighted by Gasteiger charge is -2.62. The van der Waals surface area contributed by atoms with E-state index < -0.39 is 24.2 Å². The van der Waals surface area contributed by atoms with Crippen LogP contribution < -0.4 is 20.3 Å². The molecule has 0 aromatic heterocycles. The number of aliphatic hydroxyl groups is 2. The summed E-state index contributed by atoms with van der Waals surface area (Å²) in [5.74, 6) is 1.69. The van der Waals surface area contributed by atoms with Gasteiger partial charge in [0.25, 0.3) is 5.91 Å². The van der Waals surface area contributed by atoms with E-state index in [9.17, 15) is 19.8 Å². The van der Waals surface area contributed by atoms with Gasteiger partial charge < -0.3 is 35.4 Å². The summed E-state index contributed by atoms with van der Waals surface area (Å²) in [6.07, 6.45) is 3.57. The van der Waals surface area contributed by atoms with Crippen molar-refractivity contribution in [2.24, 2.45) is 40.4 Å². The Hall–Kier alpha value is -3.22. The first-order valence-corrected chi connectivity index (χ1v) is 21.3. The third kappa shape index (κ3) is 9.81. The van der Waals surface area contributed by atoms with Crippen molar-refractivity contribution in [3.05, 3.63) is 47.5 Å². The van der Waals surface area contributed by atoms with Crippen molar-refractivity contribution in [2.45, 2.75) is 117 Å². The molecule has 0 unspecified atom stereocenters. The molecule has 5 fully saturated rings. The number of hydroxylamine groups is 2. The molecule has 5 aliphatic rings. The van der Waals surface area contributed by atoms with Gasteiger partial charge >= 0.3 is 0 Å². The van der Waals surface area contributed by atoms with Gasteiger partial charge in [0.15, 0.2) is 0 Å². The fourth-order valence-electron chi connectivity index (χ4n) is 10.0. The van der Waals surface area contributed by atoms with Crippen LogP contribution in [0.25, 0.3) is 11.1 Å². The van der Waals surface area contributed by atoms with Gasteiger partial charge in [0.2, 0.25) is 5.91 Å². The van der Waals surface area contributed by atoms with E-state index in [1.807, 2.05) is 63.4 Å². The van der Waals surface area contributed by atoms with Gasteiger partial charge in [-0.05, 0) is 111 Å². The second kappa shape index (κ2) is 17.2. The second-order valence-corrected chi connectivity index (χ2v) is 20.1. The first kappa shape index (κ1) is 43.4. The minimum absolute atomic E-state index is 0.0302. The van der Waals surface area contributed by atoms with Crippen molar-refractivity contribution in [1.29, 1.82) is 0 Å². The Bertz CT molecular complexity index is 1730. The maximum absolute atomic E-state index is 14.4. The number of rotatable bonds is 16. The highest BCUT2D eigenvalue weighted by Gasteiger charge is 2.57. The van der Waals surface area contributed by atoms with Crippen LogP contribution in [0, 0.1) is 40.4 Å². The number of carbonyl (C=O) groups is 2. The molecular weight excluding hydrogens is 719 g/mol. The quantitative estimate of drug-likeness (QED) is 0.163. The number of carbonyl (C=O) groups excluding carboxylic acids is 2. The molecule has 0 radical (unpaired) electrons. The summed E-state index contributed by atoms with van der Waals surface area (Å²) in [6, 6.07) is 11.1. The van der Waals surface area contributed by atoms with Gasteiger partial charge in [-0.1, -0.05) is 59.7 Å². The van der Waals surface area contributed by atoms with Crippen molar-refractivity contribution in [2.75, 3.05) is 52.8 Å². The van der Waals surface area contributed by atoms with Crippen LogP contribution in [0.4, 0.5) is 5.69 Å². The van der Waals surface area contributed by atoms with Crippen LogP contribution in [0.2, 0.25) is 0 Å². The molecule has 2 aromatic rings. The lowest BCUT2D eigenvalue weighted by Crippen LogP contribution is -2.62. The minimum atomic E-state index is -0.894. The zero-order valence-corrected chi connectivity index (χ0v) is 36.5. The summed E-state index contributed by atoms with van der Waals surface area (Å²) in [4.78, 5) is 39.0. The number of para-hydroxylation sites is 1. The summed E-state index contributed by atoms with van der Waals surface area (Å²) in [5.41, 5.74) is 4.28. The van der Waals surface area contributed by atoms with E-state index >= 15 is 0 Å². The fourth-order valence-corrected chi connectivity index (χ4v) is 10.0. The number of amides is 2. The summed E-state index contributed by atoms with van der Waals surface area (Å²) in [7, 11) is 8.00. The van der Waals surface area contributed by atoms with Crippen LogP contribution in [0.15, 0.2) is 36.4 Å². The van der Waals surface area contributed by atoms with E-state index in [1.165, 1.54) is 6.42 Å². The van der Waals surface area contributed by atoms with Crippen LogP contribution in [0.1, 0.15) is 96.5 Å². The molecule has 0 spiro atoms. The number of benzene rings is 2. The number of hydrogen-bond acceptors (Lipinski definition) is 9. The van der Waals surface area contributed by atoms with E-state index in [-0.39, 0.29) is 47.9 Å². The molecule has 1 saturated heterocycles. The number of hydrogen-bond donors (Lipinski definition) is 4. The summed E-state index contributed by atoms with van der Waals surface area (Å²) in [6.45, 7) is 16.4. The molecule has 2 bridgehead atoms. The van der Waals surface area contributed by atoms with Crippen molar-refractivity contribution in [1.82, 2.24) is 20.6 Å². The highest BCUT2D eigenvalue weighted by molar-refractivity contribution is 5.97. The highest BCUT2D eigenvalue weighted by atomic mass is 16.7. The van der Waals surface area contributed by atoms with Crippen LogP contribution in [-0.2, 0) is 16.2 Å². The SMILES string of the molecule is C[C@@H]1[C@@H](NC(=O)[C@@H]2[C@H]([C@H](C)O)[C@H](CO)ON2Cc2cccc(-c3cc(C(=O)N[C@H](CN(C)C)CC(C)(C)C)cc(N(C)C)c3)c2OCC2CC2)C[C@H]2C[C@@H]1C2(C)C. The standard InChI is InChI=1S/C46H71N5O6/c1-27-37-20-33(46(37,6)7)21-38(27)48-44(55)41-40(28(2)53)39(25-52)57-51(41)23-30-13-12-14-36(42(30)56-26-29-15-16-29)31-17-32(19-35(18-31)50(10)11)43(54)47-34(24-49(8)9)22-45(3,4)5/h12-14,17-19,27-29,33-34,37-41,52-53H,15-16,20-26H2,1-11H3,(H,47,54)(H,48,55)/t27-,28-,33+,34-,37-,38-,39-,40+,41-/m0/s1. The largest absolute Gasteiger partial charge is 0.492 e. The number of likely N-dealkylation sites (N-methyl/N-ethyl adjacent to an activating group) is 1. The normalized spacial score (nSPS) is 28.1. The molecule has 7 rings (SSSR count). The number of anilines is 1. The lowest BCUT2D eigenvalue weighted by atomic mass is 9.45. The average molecular weight is 790 g/mol. The second-order valence-electron chi connectivity index (χ2n) is 20.1. The van der Waals surface area contributed by atoms with Crippen molar-refractivity contribution < 1.29 is 29.4 Å². The van der Waals surface area contributed by atoms with Crippen LogP contribution >= 0.6 is 0 Å². The summed E-state index contributed by atoms with van der Waals surface area (Å²) in [5, 5.41) is 29.9. The van der Waals surface area contributed by atoms with Crippen LogP contribution in [0.5, 0.6) is 5.75 Å². The number of ether oxygens (including phenoxy) is 1. The molecule has 4 aliphatic carbocycles. The zero-order valence-electron chi connectivity index (χ0n) is 36.5. The number of aliphatic hydroxyl groups excluding tert-OH is 2. The monoisotopic (exact) mass is 790 g/mol. The molecule has 9 atom stereocenters. The highest BCUT2D eigenvalue weighted by Crippen LogP contribution is 2.61. The van der Waals surface area contributed by atoms with Gasteiger partial charge in [0.1, 0.15) is 17.9 Å². The number of nitrogens with zero attached hydrogens (tertiary/aromatic N) is 3. The molecule has 1 aliphatic heterocycles. The predicted octanol–water partition coefficient (Wildman–Crippen LogP) is 5.97. The topological polar surface area (TPSA) is 127 Å². The van der Waals surface area contributed by atoms with Crippen molar-refractivity contribution in [3.8, 4) is 16.9 Å². The molecule has 11 nitrogen and oxygen atoms in total. The Morgan fingerprint density at radius 2 is 1.81 bits per heavy atom. The Morgan fingerprint density at radius 3 is 2.39 bits per heavy atom. The van der Waals surface area contributed by atoms with Crippen molar-refractivity contribution >= 4 is 17.5 Å². The fraction of sp³-hybridized carbons (Fsp3) is 0.696. The minimum Gasteiger partial charge on any atom is -0.492 e. The van der Waals surface area contributed by atoms with Crippen LogP contribution in [-0.4, -0.2) is 110 Å². The van der Waals surface area contributed by atoms with E-state index in [0.717, 1.165) is 54.6 Å². The van der Waals surface area contributed by atoms with Gasteiger partial charge in [-0.3, -0.25) is 14.4 Å². The Morgan fingerprint density at radius 1 is 1.09 bits per heavy atom. The van der Waals surface area contributed by atoms with E-state index in [2.05, 4.69) is 63.1 Å². The van der Waals surface area contributed by atoms with Crippen molar-refractivity contribution in [3.63, 3.8) is 0 Å². The van der Waals surface area contributed by atoms with E-state index in [1.54, 1.807) is 12.0 Å². The summed E-state index contributed by atoms with van der Waals surface area (Å²) >= 11 is 0. The zero-order chi connectivity index (χ0) is 41.6. The molecule has 11 heteroatoms. The number of nitrogens with one attached hydrogen (secondary N) is 2. The predicted molar refractivity (Wildman–Crippen MR) is 226 cm³/mol. The molecule has 316 valence electrons.